The van der Waals surface area contributed by atoms with Gasteiger partial charge in [0.1, 0.15) is 0 Å². The summed E-state index contributed by atoms with van der Waals surface area (Å²) in [7, 11) is -3.30. The number of hydrogen-bond acceptors (Lipinski definition) is 4. The molecule has 2 aromatic rings. The first-order chi connectivity index (χ1) is 12.1. The molecule has 130 valence electrons. The minimum atomic E-state index is -3.30. The fourth-order valence-electron chi connectivity index (χ4n) is 3.03. The molecular weight excluding hydrogens is 335 g/mol. The van der Waals surface area contributed by atoms with Crippen LogP contribution in [-0.2, 0) is 15.5 Å². The van der Waals surface area contributed by atoms with Crippen molar-refractivity contribution in [1.29, 1.82) is 5.26 Å². The number of morpholine rings is 1. The van der Waals surface area contributed by atoms with Crippen molar-refractivity contribution in [1.82, 2.24) is 5.32 Å². The van der Waals surface area contributed by atoms with E-state index < -0.39 is 7.37 Å². The zero-order valence-corrected chi connectivity index (χ0v) is 14.7. The third-order valence-electron chi connectivity index (χ3n) is 4.27. The molecule has 1 saturated heterocycles. The second kappa shape index (κ2) is 7.95. The topological polar surface area (TPSA) is 82.3 Å². The fraction of sp³-hybridized carbons (Fsp3) is 0.316. The van der Waals surface area contributed by atoms with E-state index in [1.54, 1.807) is 6.07 Å². The number of nitrogens with one attached hydrogen (secondary N) is 1. The van der Waals surface area contributed by atoms with E-state index in [1.165, 1.54) is 0 Å². The van der Waals surface area contributed by atoms with Gasteiger partial charge in [0.25, 0.3) is 0 Å². The van der Waals surface area contributed by atoms with Crippen LogP contribution >= 0.6 is 7.37 Å². The van der Waals surface area contributed by atoms with Crippen LogP contribution in [-0.4, -0.2) is 30.3 Å². The fourth-order valence-corrected chi connectivity index (χ4v) is 4.81. The van der Waals surface area contributed by atoms with Gasteiger partial charge >= 0.3 is 0 Å². The number of rotatable bonds is 5. The number of nitriles is 1. The van der Waals surface area contributed by atoms with Crippen molar-refractivity contribution < 1.29 is 14.2 Å². The van der Waals surface area contributed by atoms with Crippen LogP contribution < -0.4 is 5.32 Å². The van der Waals surface area contributed by atoms with Crippen molar-refractivity contribution in [2.45, 2.75) is 18.3 Å². The van der Waals surface area contributed by atoms with Crippen LogP contribution in [0.2, 0.25) is 0 Å². The van der Waals surface area contributed by atoms with E-state index in [4.69, 9.17) is 10.00 Å². The maximum Gasteiger partial charge on any atom is 0.207 e. The second-order valence-electron chi connectivity index (χ2n) is 6.33. The van der Waals surface area contributed by atoms with Crippen molar-refractivity contribution in [3.63, 3.8) is 0 Å². The van der Waals surface area contributed by atoms with Gasteiger partial charge < -0.3 is 14.9 Å². The summed E-state index contributed by atoms with van der Waals surface area (Å²) in [5, 5.41) is 12.3. The van der Waals surface area contributed by atoms with Crippen LogP contribution in [0.1, 0.15) is 22.7 Å². The molecule has 1 unspecified atom stereocenters. The first-order valence-corrected chi connectivity index (χ1v) is 10.3. The van der Waals surface area contributed by atoms with Crippen molar-refractivity contribution in [2.75, 3.05) is 19.3 Å². The third kappa shape index (κ3) is 5.01. The summed E-state index contributed by atoms with van der Waals surface area (Å²) < 4.78 is 18.3. The molecule has 6 heteroatoms. The number of nitrogens with zero attached hydrogens (tertiary/aromatic N) is 1. The molecule has 0 amide bonds. The maximum atomic E-state index is 12.5. The molecule has 0 radical (unpaired) electrons. The molecule has 0 aromatic heterocycles. The molecule has 0 saturated carbocycles. The summed E-state index contributed by atoms with van der Waals surface area (Å²) in [5.74, 6) is 0. The highest BCUT2D eigenvalue weighted by Crippen LogP contribution is 2.45. The summed E-state index contributed by atoms with van der Waals surface area (Å²) in [6.07, 6.45) is 0.0243. The van der Waals surface area contributed by atoms with Gasteiger partial charge in [-0.2, -0.15) is 5.26 Å². The van der Waals surface area contributed by atoms with E-state index in [0.29, 0.717) is 18.7 Å². The van der Waals surface area contributed by atoms with Crippen LogP contribution in [0, 0.1) is 11.3 Å². The van der Waals surface area contributed by atoms with E-state index in [0.717, 1.165) is 11.1 Å². The molecule has 25 heavy (non-hydrogen) atoms. The Morgan fingerprint density at radius 3 is 2.72 bits per heavy atom. The Hall–Kier alpha value is -1.96. The Labute approximate surface area is 147 Å². The van der Waals surface area contributed by atoms with E-state index in [2.05, 4.69) is 11.4 Å². The normalized spacial score (nSPS) is 22.7. The maximum absolute atomic E-state index is 12.5. The van der Waals surface area contributed by atoms with Gasteiger partial charge in [-0.15, -0.1) is 0 Å². The smallest absolute Gasteiger partial charge is 0.207 e. The minimum Gasteiger partial charge on any atom is -0.374 e. The Bertz CT molecular complexity index is 796. The molecule has 2 aromatic carbocycles. The van der Waals surface area contributed by atoms with Crippen molar-refractivity contribution in [3.05, 3.63) is 71.3 Å². The third-order valence-corrected chi connectivity index (χ3v) is 6.11. The van der Waals surface area contributed by atoms with Crippen molar-refractivity contribution >= 4 is 7.37 Å². The lowest BCUT2D eigenvalue weighted by Gasteiger charge is -2.31. The molecule has 3 atom stereocenters. The zero-order chi connectivity index (χ0) is 17.7. The largest absolute Gasteiger partial charge is 0.374 e. The number of hydrogen-bond donors (Lipinski definition) is 2. The predicted octanol–water partition coefficient (Wildman–Crippen LogP) is 3.06. The van der Waals surface area contributed by atoms with E-state index >= 15 is 0 Å². The molecule has 3 rings (SSSR count). The Morgan fingerprint density at radius 2 is 2.04 bits per heavy atom. The Kier molecular flexibility index (Phi) is 5.67. The quantitative estimate of drug-likeness (QED) is 0.805. The summed E-state index contributed by atoms with van der Waals surface area (Å²) in [6.45, 7) is 0.936. The van der Waals surface area contributed by atoms with Crippen molar-refractivity contribution in [2.24, 2.45) is 0 Å². The number of ether oxygens (including phenoxy) is 1. The SMILES string of the molecule is N#Cc1cccc([C@H]2CO[C@@H](CP(=O)(O)Cc3ccccc3)CN2)c1. The molecule has 0 spiro atoms. The molecule has 5 nitrogen and oxygen atoms in total. The lowest BCUT2D eigenvalue weighted by atomic mass is 10.0. The summed E-state index contributed by atoms with van der Waals surface area (Å²) in [6, 6.07) is 18.9. The van der Waals surface area contributed by atoms with E-state index in [-0.39, 0.29) is 24.5 Å². The van der Waals surface area contributed by atoms with Gasteiger partial charge in [-0.3, -0.25) is 4.57 Å². The first kappa shape index (κ1) is 17.8. The van der Waals surface area contributed by atoms with Crippen LogP contribution in [0.25, 0.3) is 0 Å². The van der Waals surface area contributed by atoms with Gasteiger partial charge in [0.2, 0.25) is 7.37 Å². The van der Waals surface area contributed by atoms with E-state index in [9.17, 15) is 9.46 Å². The van der Waals surface area contributed by atoms with Gasteiger partial charge in [0, 0.05) is 12.7 Å². The summed E-state index contributed by atoms with van der Waals surface area (Å²) in [5.41, 5.74) is 2.47. The monoisotopic (exact) mass is 356 g/mol. The Morgan fingerprint density at radius 1 is 1.24 bits per heavy atom. The highest BCUT2D eigenvalue weighted by molar-refractivity contribution is 7.57. The van der Waals surface area contributed by atoms with Crippen LogP contribution in [0.15, 0.2) is 54.6 Å². The molecule has 1 aliphatic rings. The zero-order valence-electron chi connectivity index (χ0n) is 13.8. The van der Waals surface area contributed by atoms with Crippen LogP contribution in [0.4, 0.5) is 0 Å². The molecule has 0 aliphatic carbocycles. The van der Waals surface area contributed by atoms with Gasteiger partial charge in [-0.1, -0.05) is 42.5 Å². The van der Waals surface area contributed by atoms with Gasteiger partial charge in [0.05, 0.1) is 36.5 Å². The molecule has 1 fully saturated rings. The van der Waals surface area contributed by atoms with E-state index in [1.807, 2.05) is 48.5 Å². The summed E-state index contributed by atoms with van der Waals surface area (Å²) in [4.78, 5) is 10.3. The average molecular weight is 356 g/mol. The number of benzene rings is 2. The predicted molar refractivity (Wildman–Crippen MR) is 96.5 cm³/mol. The Balaban J connectivity index is 1.55. The van der Waals surface area contributed by atoms with Crippen LogP contribution in [0.5, 0.6) is 0 Å². The lowest BCUT2D eigenvalue weighted by molar-refractivity contribution is 0.0156. The molecule has 2 N–H and O–H groups in total. The lowest BCUT2D eigenvalue weighted by Crippen LogP contribution is -2.42. The van der Waals surface area contributed by atoms with Gasteiger partial charge in [0.15, 0.2) is 0 Å². The standard InChI is InChI=1S/C19H21N2O3P/c20-10-16-7-4-8-17(9-16)19-12-24-18(11-21-19)14-25(22,23)13-15-5-2-1-3-6-15/h1-9,18-19,21H,11-14H2,(H,22,23)/t18-,19-/m1/s1. The molecule has 1 aliphatic heterocycles. The second-order valence-corrected chi connectivity index (χ2v) is 8.70. The van der Waals surface area contributed by atoms with Crippen LogP contribution in [0.3, 0.4) is 0 Å². The highest BCUT2D eigenvalue weighted by Gasteiger charge is 2.29. The first-order valence-electron chi connectivity index (χ1n) is 8.25. The minimum absolute atomic E-state index is 0.00301. The highest BCUT2D eigenvalue weighted by atomic mass is 31.2. The van der Waals surface area contributed by atoms with Gasteiger partial charge in [-0.05, 0) is 23.3 Å². The molecular formula is C19H21N2O3P. The molecule has 1 heterocycles. The van der Waals surface area contributed by atoms with Gasteiger partial charge in [-0.25, -0.2) is 0 Å². The average Bonchev–Trinajstić information content (AvgIpc) is 2.62. The van der Waals surface area contributed by atoms with Crippen molar-refractivity contribution in [3.8, 4) is 6.07 Å². The summed E-state index contributed by atoms with van der Waals surface area (Å²) >= 11 is 0. The molecule has 0 bridgehead atoms.